The number of thioether (sulfide) groups is 1. The number of carbonyl (C=O) groups is 2. The lowest BCUT2D eigenvalue weighted by molar-refractivity contribution is -0.132. The monoisotopic (exact) mass is 395 g/mol. The van der Waals surface area contributed by atoms with Crippen LogP contribution in [0, 0.1) is 0 Å². The first-order chi connectivity index (χ1) is 12.5. The number of rotatable bonds is 5. The zero-order valence-corrected chi connectivity index (χ0v) is 15.9. The van der Waals surface area contributed by atoms with Gasteiger partial charge in [0.15, 0.2) is 0 Å². The number of nitrogens with zero attached hydrogens (tertiary/aromatic N) is 3. The van der Waals surface area contributed by atoms with E-state index in [0.717, 1.165) is 5.56 Å². The number of amides is 2. The van der Waals surface area contributed by atoms with Crippen molar-refractivity contribution in [2.75, 3.05) is 45.0 Å². The van der Waals surface area contributed by atoms with E-state index in [1.165, 1.54) is 21.5 Å². The predicted molar refractivity (Wildman–Crippen MR) is 102 cm³/mol. The molecule has 2 aliphatic rings. The molecule has 1 aromatic rings. The molecule has 7 nitrogen and oxygen atoms in total. The Kier molecular flexibility index (Phi) is 6.00. The summed E-state index contributed by atoms with van der Waals surface area (Å²) in [5.74, 6) is 0.587. The highest BCUT2D eigenvalue weighted by molar-refractivity contribution is 8.13. The summed E-state index contributed by atoms with van der Waals surface area (Å²) in [6, 6.07) is 9.23. The minimum Gasteiger partial charge on any atom is -0.339 e. The van der Waals surface area contributed by atoms with Gasteiger partial charge in [-0.05, 0) is 11.6 Å². The molecule has 0 N–H and O–H groups in total. The summed E-state index contributed by atoms with van der Waals surface area (Å²) >= 11 is 1.22. The Bertz CT molecular complexity index is 787. The molecule has 0 bridgehead atoms. The van der Waals surface area contributed by atoms with Gasteiger partial charge in [-0.1, -0.05) is 42.1 Å². The second-order valence-corrected chi connectivity index (χ2v) is 8.94. The maximum absolute atomic E-state index is 12.4. The molecule has 9 heteroatoms. The van der Waals surface area contributed by atoms with Gasteiger partial charge in [0.05, 0.1) is 0 Å². The van der Waals surface area contributed by atoms with E-state index in [1.54, 1.807) is 15.9 Å². The minimum absolute atomic E-state index is 0.0642. The van der Waals surface area contributed by atoms with Crippen LogP contribution in [0.1, 0.15) is 5.56 Å². The Hall–Kier alpha value is -1.84. The maximum atomic E-state index is 12.4. The summed E-state index contributed by atoms with van der Waals surface area (Å²) in [5, 5.41) is 1.14. The average molecular weight is 396 g/mol. The first kappa shape index (κ1) is 18.9. The summed E-state index contributed by atoms with van der Waals surface area (Å²) in [4.78, 5) is 27.1. The van der Waals surface area contributed by atoms with Crippen molar-refractivity contribution < 1.29 is 18.0 Å². The van der Waals surface area contributed by atoms with Crippen LogP contribution in [0.2, 0.25) is 0 Å². The first-order valence-electron chi connectivity index (χ1n) is 8.38. The molecule has 0 saturated carbocycles. The number of piperazine rings is 1. The van der Waals surface area contributed by atoms with Crippen LogP contribution < -0.4 is 0 Å². The molecule has 2 aliphatic heterocycles. The van der Waals surface area contributed by atoms with Gasteiger partial charge in [0.25, 0.3) is 5.24 Å². The van der Waals surface area contributed by atoms with Gasteiger partial charge in [0.1, 0.15) is 6.54 Å². The maximum Gasteiger partial charge on any atom is 0.282 e. The molecule has 2 heterocycles. The fourth-order valence-electron chi connectivity index (χ4n) is 2.84. The van der Waals surface area contributed by atoms with Crippen LogP contribution in [0.25, 0.3) is 6.08 Å². The van der Waals surface area contributed by atoms with Gasteiger partial charge < -0.3 is 9.80 Å². The van der Waals surface area contributed by atoms with E-state index in [2.05, 4.69) is 0 Å². The van der Waals surface area contributed by atoms with Crippen molar-refractivity contribution in [1.29, 1.82) is 0 Å². The fraction of sp³-hybridized carbons (Fsp3) is 0.412. The molecule has 2 fully saturated rings. The molecular weight excluding hydrogens is 374 g/mol. The predicted octanol–water partition coefficient (Wildman–Crippen LogP) is 1.30. The zero-order chi connectivity index (χ0) is 18.6. The summed E-state index contributed by atoms with van der Waals surface area (Å²) in [7, 11) is -3.51. The lowest BCUT2D eigenvalue weighted by atomic mass is 10.2. The summed E-state index contributed by atoms with van der Waals surface area (Å²) in [6.07, 6.45) is 1.57. The van der Waals surface area contributed by atoms with E-state index in [0.29, 0.717) is 25.4 Å². The lowest BCUT2D eigenvalue weighted by Gasteiger charge is -2.34. The Morgan fingerprint density at radius 3 is 2.38 bits per heavy atom. The molecule has 26 heavy (non-hydrogen) atoms. The van der Waals surface area contributed by atoms with E-state index < -0.39 is 10.0 Å². The largest absolute Gasteiger partial charge is 0.339 e. The van der Waals surface area contributed by atoms with Crippen molar-refractivity contribution in [3.8, 4) is 0 Å². The van der Waals surface area contributed by atoms with E-state index in [1.807, 2.05) is 30.3 Å². The number of benzene rings is 1. The molecular formula is C17H21N3O4S2. The third-order valence-corrected chi connectivity index (χ3v) is 6.81. The van der Waals surface area contributed by atoms with Gasteiger partial charge in [-0.25, -0.2) is 8.42 Å². The van der Waals surface area contributed by atoms with Crippen molar-refractivity contribution in [3.63, 3.8) is 0 Å². The molecule has 0 atom stereocenters. The highest BCUT2D eigenvalue weighted by atomic mass is 32.2. The third-order valence-electron chi connectivity index (χ3n) is 4.35. The Morgan fingerprint density at radius 2 is 1.77 bits per heavy atom. The van der Waals surface area contributed by atoms with E-state index >= 15 is 0 Å². The van der Waals surface area contributed by atoms with Gasteiger partial charge in [0.2, 0.25) is 15.9 Å². The van der Waals surface area contributed by atoms with E-state index in [-0.39, 0.29) is 30.8 Å². The standard InChI is InChI=1S/C17H21N3O4S2/c21-16(14-19-11-12-25-17(19)22)18-7-9-20(10-8-18)26(23,24)13-6-15-4-2-1-3-5-15/h1-6,13H,7-12,14H2/b13-6+. The highest BCUT2D eigenvalue weighted by Crippen LogP contribution is 2.17. The second kappa shape index (κ2) is 8.24. The van der Waals surface area contributed by atoms with Crippen molar-refractivity contribution in [2.24, 2.45) is 0 Å². The topological polar surface area (TPSA) is 78.0 Å². The minimum atomic E-state index is -3.51. The third kappa shape index (κ3) is 4.66. The smallest absolute Gasteiger partial charge is 0.282 e. The van der Waals surface area contributed by atoms with Gasteiger partial charge in [-0.15, -0.1) is 0 Å². The molecule has 0 radical (unpaired) electrons. The molecule has 0 spiro atoms. The SMILES string of the molecule is O=C(CN1CCSC1=O)N1CCN(S(=O)(=O)/C=C/c2ccccc2)CC1. The second-order valence-electron chi connectivity index (χ2n) is 6.07. The lowest BCUT2D eigenvalue weighted by Crippen LogP contribution is -2.52. The van der Waals surface area contributed by atoms with Gasteiger partial charge in [-0.3, -0.25) is 9.59 Å². The van der Waals surface area contributed by atoms with E-state index in [9.17, 15) is 18.0 Å². The van der Waals surface area contributed by atoms with E-state index in [4.69, 9.17) is 0 Å². The first-order valence-corrected chi connectivity index (χ1v) is 10.9. The van der Waals surface area contributed by atoms with Crippen molar-refractivity contribution >= 4 is 39.0 Å². The Balaban J connectivity index is 1.53. The van der Waals surface area contributed by atoms with Crippen molar-refractivity contribution in [1.82, 2.24) is 14.1 Å². The molecule has 0 aliphatic carbocycles. The van der Waals surface area contributed by atoms with Crippen LogP contribution in [-0.4, -0.2) is 78.7 Å². The van der Waals surface area contributed by atoms with Gasteiger partial charge >= 0.3 is 0 Å². The van der Waals surface area contributed by atoms with Crippen LogP contribution in [0.5, 0.6) is 0 Å². The Labute approximate surface area is 157 Å². The van der Waals surface area contributed by atoms with Crippen LogP contribution in [0.4, 0.5) is 4.79 Å². The zero-order valence-electron chi connectivity index (χ0n) is 14.3. The van der Waals surface area contributed by atoms with Crippen LogP contribution >= 0.6 is 11.8 Å². The van der Waals surface area contributed by atoms with Crippen LogP contribution in [0.3, 0.4) is 0 Å². The summed E-state index contributed by atoms with van der Waals surface area (Å²) in [6.45, 7) is 1.87. The average Bonchev–Trinajstić information content (AvgIpc) is 3.06. The normalized spacial score (nSPS) is 19.5. The number of carbonyl (C=O) groups excluding carboxylic acids is 2. The quantitative estimate of drug-likeness (QED) is 0.751. The van der Waals surface area contributed by atoms with Gasteiger partial charge in [0, 0.05) is 43.9 Å². The Morgan fingerprint density at radius 1 is 1.08 bits per heavy atom. The molecule has 0 unspecified atom stereocenters. The summed E-state index contributed by atoms with van der Waals surface area (Å²) < 4.78 is 26.3. The summed E-state index contributed by atoms with van der Waals surface area (Å²) in [5.41, 5.74) is 0.818. The molecule has 0 aromatic heterocycles. The highest BCUT2D eigenvalue weighted by Gasteiger charge is 2.30. The molecule has 1 aromatic carbocycles. The van der Waals surface area contributed by atoms with Crippen molar-refractivity contribution in [2.45, 2.75) is 0 Å². The molecule has 140 valence electrons. The van der Waals surface area contributed by atoms with Crippen LogP contribution in [0.15, 0.2) is 35.7 Å². The number of hydrogen-bond acceptors (Lipinski definition) is 5. The van der Waals surface area contributed by atoms with Gasteiger partial charge in [-0.2, -0.15) is 4.31 Å². The molecule has 3 rings (SSSR count). The number of hydrogen-bond donors (Lipinski definition) is 0. The fourth-order valence-corrected chi connectivity index (χ4v) is 4.84. The molecule has 2 saturated heterocycles. The van der Waals surface area contributed by atoms with Crippen LogP contribution in [-0.2, 0) is 14.8 Å². The molecule has 2 amide bonds. The number of sulfonamides is 1. The van der Waals surface area contributed by atoms with Crippen molar-refractivity contribution in [3.05, 3.63) is 41.3 Å².